The van der Waals surface area contributed by atoms with Crippen LogP contribution in [0, 0.1) is 11.3 Å². The van der Waals surface area contributed by atoms with E-state index in [0.717, 1.165) is 12.8 Å². The molecular formula is C12H13F3N2OS. The number of hydrogen-bond acceptors (Lipinski definition) is 3. The summed E-state index contributed by atoms with van der Waals surface area (Å²) in [5.41, 5.74) is 0.232. The van der Waals surface area contributed by atoms with Crippen LogP contribution in [0.25, 0.3) is 0 Å². The molecule has 1 fully saturated rings. The molecule has 3 nitrogen and oxygen atoms in total. The molecule has 2 aliphatic rings. The Balaban J connectivity index is 2.30. The summed E-state index contributed by atoms with van der Waals surface area (Å²) in [6, 6.07) is -0.117. The van der Waals surface area contributed by atoms with Gasteiger partial charge in [-0.3, -0.25) is 4.79 Å². The average Bonchev–Trinajstić information content (AvgIpc) is 2.73. The van der Waals surface area contributed by atoms with Gasteiger partial charge in [0.15, 0.2) is 0 Å². The molecule has 7 heteroatoms. The maximum Gasteiger partial charge on any atom is 0.408 e. The maximum absolute atomic E-state index is 12.8. The van der Waals surface area contributed by atoms with Crippen molar-refractivity contribution in [2.75, 3.05) is 0 Å². The lowest BCUT2D eigenvalue weighted by Crippen LogP contribution is -2.49. The number of nitriles is 1. The van der Waals surface area contributed by atoms with Gasteiger partial charge in [0.25, 0.3) is 5.91 Å². The van der Waals surface area contributed by atoms with Gasteiger partial charge in [-0.05, 0) is 18.4 Å². The summed E-state index contributed by atoms with van der Waals surface area (Å²) in [5, 5.41) is 11.1. The monoisotopic (exact) mass is 290 g/mol. The lowest BCUT2D eigenvalue weighted by Gasteiger charge is -2.29. The highest BCUT2D eigenvalue weighted by molar-refractivity contribution is 8.00. The Morgan fingerprint density at radius 3 is 2.58 bits per heavy atom. The topological polar surface area (TPSA) is 52.9 Å². The van der Waals surface area contributed by atoms with E-state index in [1.165, 1.54) is 0 Å². The van der Waals surface area contributed by atoms with Crippen LogP contribution in [0.2, 0.25) is 0 Å². The number of carbonyl (C=O) groups excluding carboxylic acids is 1. The first kappa shape index (κ1) is 14.3. The zero-order valence-corrected chi connectivity index (χ0v) is 11.1. The lowest BCUT2D eigenvalue weighted by atomic mass is 9.91. The number of alkyl halides is 3. The molecule has 0 aromatic carbocycles. The molecule has 1 amide bonds. The van der Waals surface area contributed by atoms with Crippen LogP contribution in [0.15, 0.2) is 11.1 Å². The number of hydrogen-bond donors (Lipinski definition) is 1. The minimum Gasteiger partial charge on any atom is -0.339 e. The summed E-state index contributed by atoms with van der Waals surface area (Å²) in [4.78, 5) is 11.6. The molecule has 2 heterocycles. The molecule has 19 heavy (non-hydrogen) atoms. The molecule has 1 saturated heterocycles. The molecule has 104 valence electrons. The van der Waals surface area contributed by atoms with Crippen molar-refractivity contribution in [1.29, 1.82) is 5.26 Å². The van der Waals surface area contributed by atoms with Gasteiger partial charge in [0.2, 0.25) is 0 Å². The van der Waals surface area contributed by atoms with Crippen molar-refractivity contribution in [2.24, 2.45) is 0 Å². The smallest absolute Gasteiger partial charge is 0.339 e. The van der Waals surface area contributed by atoms with Crippen molar-refractivity contribution in [3.05, 3.63) is 11.1 Å². The minimum absolute atomic E-state index is 0.132. The molecule has 0 aliphatic carbocycles. The van der Waals surface area contributed by atoms with Gasteiger partial charge in [-0.15, -0.1) is 0 Å². The van der Waals surface area contributed by atoms with Gasteiger partial charge >= 0.3 is 6.18 Å². The van der Waals surface area contributed by atoms with Gasteiger partial charge in [-0.25, -0.2) is 0 Å². The van der Waals surface area contributed by atoms with Crippen LogP contribution in [-0.4, -0.2) is 28.6 Å². The van der Waals surface area contributed by atoms with E-state index in [-0.39, 0.29) is 17.2 Å². The normalized spacial score (nSPS) is 32.2. The molecule has 0 radical (unpaired) electrons. The van der Waals surface area contributed by atoms with Crippen LogP contribution in [-0.2, 0) is 4.79 Å². The van der Waals surface area contributed by atoms with Crippen molar-refractivity contribution in [3.8, 4) is 6.07 Å². The van der Waals surface area contributed by atoms with E-state index in [9.17, 15) is 18.0 Å². The van der Waals surface area contributed by atoms with Gasteiger partial charge in [-0.2, -0.15) is 30.2 Å². The van der Waals surface area contributed by atoms with Crippen LogP contribution in [0.4, 0.5) is 13.2 Å². The SMILES string of the molecule is CC1CCC(C2=C(C#N)C(=O)N[C@@H](C(F)(F)F)C2)S1. The third-order valence-corrected chi connectivity index (χ3v) is 4.95. The molecule has 0 saturated carbocycles. The fraction of sp³-hybridized carbons (Fsp3) is 0.667. The zero-order valence-electron chi connectivity index (χ0n) is 10.3. The molecule has 2 unspecified atom stereocenters. The fourth-order valence-electron chi connectivity index (χ4n) is 2.42. The van der Waals surface area contributed by atoms with E-state index >= 15 is 0 Å². The van der Waals surface area contributed by atoms with Crippen molar-refractivity contribution >= 4 is 17.7 Å². The molecule has 1 N–H and O–H groups in total. The first-order valence-electron chi connectivity index (χ1n) is 5.99. The van der Waals surface area contributed by atoms with E-state index in [4.69, 9.17) is 5.26 Å². The molecule has 3 atom stereocenters. The van der Waals surface area contributed by atoms with E-state index in [2.05, 4.69) is 0 Å². The first-order chi connectivity index (χ1) is 8.82. The zero-order chi connectivity index (χ0) is 14.2. The fourth-order valence-corrected chi connectivity index (χ4v) is 3.90. The lowest BCUT2D eigenvalue weighted by molar-refractivity contribution is -0.161. The van der Waals surface area contributed by atoms with Crippen LogP contribution in [0.3, 0.4) is 0 Å². The van der Waals surface area contributed by atoms with Gasteiger partial charge in [0.05, 0.1) is 0 Å². The Morgan fingerprint density at radius 1 is 1.42 bits per heavy atom. The van der Waals surface area contributed by atoms with Crippen LogP contribution >= 0.6 is 11.8 Å². The van der Waals surface area contributed by atoms with Gasteiger partial charge in [0.1, 0.15) is 17.7 Å². The van der Waals surface area contributed by atoms with Crippen LogP contribution in [0.1, 0.15) is 26.2 Å². The van der Waals surface area contributed by atoms with E-state index < -0.39 is 18.1 Å². The molecule has 0 bridgehead atoms. The highest BCUT2D eigenvalue weighted by Gasteiger charge is 2.46. The molecule has 0 spiro atoms. The summed E-state index contributed by atoms with van der Waals surface area (Å²) >= 11 is 1.55. The van der Waals surface area contributed by atoms with E-state index in [1.807, 2.05) is 12.2 Å². The number of thioether (sulfide) groups is 1. The van der Waals surface area contributed by atoms with E-state index in [1.54, 1.807) is 17.8 Å². The standard InChI is InChI=1S/C12H13F3N2OS/c1-6-2-3-9(19-6)7-4-10(12(13,14)15)17-11(18)8(7)5-16/h6,9-10H,2-4H2,1H3,(H,17,18)/t6?,9?,10-/m1/s1. The number of nitrogens with zero attached hydrogens (tertiary/aromatic N) is 1. The third kappa shape index (κ3) is 2.89. The van der Waals surface area contributed by atoms with Gasteiger partial charge in [0, 0.05) is 16.9 Å². The molecule has 0 aromatic rings. The molecular weight excluding hydrogens is 277 g/mol. The highest BCUT2D eigenvalue weighted by atomic mass is 32.2. The first-order valence-corrected chi connectivity index (χ1v) is 6.93. The second-order valence-corrected chi connectivity index (χ2v) is 6.44. The van der Waals surface area contributed by atoms with Crippen LogP contribution in [0.5, 0.6) is 0 Å². The summed E-state index contributed by atoms with van der Waals surface area (Å²) in [6.07, 6.45) is -3.15. The number of rotatable bonds is 1. The minimum atomic E-state index is -4.48. The Hall–Kier alpha value is -1.16. The van der Waals surface area contributed by atoms with Gasteiger partial charge < -0.3 is 5.32 Å². The molecule has 2 aliphatic heterocycles. The number of carbonyl (C=O) groups is 1. The Morgan fingerprint density at radius 2 is 2.11 bits per heavy atom. The highest BCUT2D eigenvalue weighted by Crippen LogP contribution is 2.42. The third-order valence-electron chi connectivity index (χ3n) is 3.41. The largest absolute Gasteiger partial charge is 0.408 e. The summed E-state index contributed by atoms with van der Waals surface area (Å²) < 4.78 is 38.3. The number of nitrogens with one attached hydrogen (secondary N) is 1. The molecule has 0 aromatic heterocycles. The average molecular weight is 290 g/mol. The number of amides is 1. The van der Waals surface area contributed by atoms with Gasteiger partial charge in [-0.1, -0.05) is 6.92 Å². The van der Waals surface area contributed by atoms with Crippen LogP contribution < -0.4 is 5.32 Å². The summed E-state index contributed by atoms with van der Waals surface area (Å²) in [5.74, 6) is -0.897. The van der Waals surface area contributed by atoms with Crippen molar-refractivity contribution in [1.82, 2.24) is 5.32 Å². The van der Waals surface area contributed by atoms with Crippen molar-refractivity contribution < 1.29 is 18.0 Å². The van der Waals surface area contributed by atoms with Crippen molar-refractivity contribution in [2.45, 2.75) is 48.9 Å². The Bertz CT molecular complexity index is 467. The Labute approximate surface area is 113 Å². The Kier molecular flexibility index (Phi) is 3.81. The predicted molar refractivity (Wildman–Crippen MR) is 65.3 cm³/mol. The van der Waals surface area contributed by atoms with E-state index in [0.29, 0.717) is 10.8 Å². The maximum atomic E-state index is 12.8. The second kappa shape index (κ2) is 5.08. The second-order valence-electron chi connectivity index (χ2n) is 4.80. The summed E-state index contributed by atoms with van der Waals surface area (Å²) in [6.45, 7) is 2.00. The summed E-state index contributed by atoms with van der Waals surface area (Å²) in [7, 11) is 0. The van der Waals surface area contributed by atoms with Crippen molar-refractivity contribution in [3.63, 3.8) is 0 Å². The quantitative estimate of drug-likeness (QED) is 0.807. The molecule has 2 rings (SSSR count). The number of halogens is 3. The predicted octanol–water partition coefficient (Wildman–Crippen LogP) is 2.54.